The number of amides is 8. The minimum Gasteiger partial charge on any atom is -0.444 e. The number of carbonyl (C=O) groups excluding carboxylic acids is 6. The standard InChI is InChI=1S/C17H22N4O4.C12H19N3O4.C5H6BNO2/c1-16(2,3)25-15(24)20-10-6-17(7-11-20)13(22)21(14(23)19-17)12-4-8-18-9-5-12;1-11(2,3)19-10(18)15-6-4-12(5-7-15)8(16)13-9(17)14-12;8-6(9)5-1-3-7-4-2-5/h4-5,8-9H,6-7,10-11H2,1-3H3,(H,19,23);4-7H2,1-3H3,(H2,13,14,16,17);1-4,8-9H. The van der Waals surface area contributed by atoms with E-state index in [9.17, 15) is 28.8 Å². The molecule has 286 valence electrons. The second kappa shape index (κ2) is 16.2. The molecule has 0 unspecified atom stereocenters. The van der Waals surface area contributed by atoms with E-state index >= 15 is 0 Å². The van der Waals surface area contributed by atoms with E-state index in [1.165, 1.54) is 24.8 Å². The first-order valence-electron chi connectivity index (χ1n) is 17.2. The number of hydrogen-bond donors (Lipinski definition) is 5. The molecule has 4 fully saturated rings. The van der Waals surface area contributed by atoms with Gasteiger partial charge in [-0.3, -0.25) is 24.9 Å². The van der Waals surface area contributed by atoms with Crippen LogP contribution in [0.5, 0.6) is 0 Å². The fraction of sp³-hybridized carbons (Fsp3) is 0.529. The number of likely N-dealkylation sites (tertiary alicyclic amines) is 2. The summed E-state index contributed by atoms with van der Waals surface area (Å²) < 4.78 is 10.6. The maximum absolute atomic E-state index is 12.9. The Morgan fingerprint density at radius 1 is 0.717 bits per heavy atom. The molecule has 0 radical (unpaired) electrons. The number of nitrogens with zero attached hydrogens (tertiary/aromatic N) is 5. The SMILES string of the molecule is CC(C)(C)OC(=O)N1CCC2(CC1)NC(=O)N(c1ccncc1)C2=O.CC(C)(C)OC(=O)N1CCC2(CC1)NC(=O)NC2=O.OB(O)c1ccncc1. The molecule has 2 aromatic rings. The highest BCUT2D eigenvalue weighted by atomic mass is 16.6. The van der Waals surface area contributed by atoms with Gasteiger partial charge < -0.3 is 40.0 Å². The van der Waals surface area contributed by atoms with Gasteiger partial charge in [0.15, 0.2) is 0 Å². The minimum atomic E-state index is -1.38. The van der Waals surface area contributed by atoms with Gasteiger partial charge in [-0.05, 0) is 97.0 Å². The molecule has 0 aliphatic carbocycles. The first kappa shape index (κ1) is 40.5. The highest BCUT2D eigenvalue weighted by Crippen LogP contribution is 2.33. The van der Waals surface area contributed by atoms with Crippen molar-refractivity contribution in [2.75, 3.05) is 31.1 Å². The summed E-state index contributed by atoms with van der Waals surface area (Å²) in [5.74, 6) is -0.589. The lowest BCUT2D eigenvalue weighted by atomic mass is 9.81. The molecule has 5 N–H and O–H groups in total. The highest BCUT2D eigenvalue weighted by molar-refractivity contribution is 6.58. The minimum absolute atomic E-state index is 0.285. The van der Waals surface area contributed by atoms with Crippen molar-refractivity contribution in [1.82, 2.24) is 35.7 Å². The Labute approximate surface area is 307 Å². The maximum Gasteiger partial charge on any atom is 0.488 e. The monoisotopic (exact) mass is 738 g/mol. The number of urea groups is 2. The number of pyridine rings is 2. The third kappa shape index (κ3) is 10.4. The van der Waals surface area contributed by atoms with Crippen molar-refractivity contribution in [3.63, 3.8) is 0 Å². The molecule has 4 aliphatic rings. The van der Waals surface area contributed by atoms with E-state index in [2.05, 4.69) is 25.9 Å². The Hall–Kier alpha value is -5.30. The second-order valence-corrected chi connectivity index (χ2v) is 14.9. The molecule has 0 aromatic carbocycles. The van der Waals surface area contributed by atoms with Crippen LogP contribution in [-0.4, -0.2) is 121 Å². The average molecular weight is 739 g/mol. The molecule has 4 saturated heterocycles. The Balaban J connectivity index is 0.000000197. The number of piperidine rings is 2. The zero-order valence-corrected chi connectivity index (χ0v) is 30.7. The van der Waals surface area contributed by atoms with E-state index in [1.807, 2.05) is 20.8 Å². The quantitative estimate of drug-likeness (QED) is 0.217. The lowest BCUT2D eigenvalue weighted by Crippen LogP contribution is -2.56. The van der Waals surface area contributed by atoms with Crippen LogP contribution in [-0.2, 0) is 19.1 Å². The number of nitrogens with one attached hydrogen (secondary N) is 3. The van der Waals surface area contributed by atoms with Crippen molar-refractivity contribution in [3.05, 3.63) is 49.1 Å². The molecule has 19 heteroatoms. The van der Waals surface area contributed by atoms with Crippen LogP contribution < -0.4 is 26.3 Å². The highest BCUT2D eigenvalue weighted by Gasteiger charge is 2.53. The summed E-state index contributed by atoms with van der Waals surface area (Å²) in [5, 5.41) is 24.8. The van der Waals surface area contributed by atoms with Crippen LogP contribution in [0, 0.1) is 0 Å². The second-order valence-electron chi connectivity index (χ2n) is 14.9. The summed E-state index contributed by atoms with van der Waals surface area (Å²) in [5.41, 5.74) is -1.96. The van der Waals surface area contributed by atoms with Crippen LogP contribution in [0.1, 0.15) is 67.2 Å². The number of rotatable bonds is 2. The third-order valence-electron chi connectivity index (χ3n) is 8.64. The normalized spacial score (nSPS) is 18.9. The van der Waals surface area contributed by atoms with Crippen molar-refractivity contribution in [3.8, 4) is 0 Å². The number of imide groups is 2. The van der Waals surface area contributed by atoms with Crippen molar-refractivity contribution >= 4 is 54.3 Å². The summed E-state index contributed by atoms with van der Waals surface area (Å²) in [6.07, 6.45) is 6.84. The molecule has 4 aliphatic heterocycles. The van der Waals surface area contributed by atoms with Crippen molar-refractivity contribution in [2.45, 2.75) is 89.5 Å². The molecular formula is C34H47BN8O10. The van der Waals surface area contributed by atoms with Gasteiger partial charge in [-0.15, -0.1) is 0 Å². The topological polar surface area (TPSA) is 233 Å². The molecule has 18 nitrogen and oxygen atoms in total. The predicted octanol–water partition coefficient (Wildman–Crippen LogP) is 1.26. The zero-order valence-electron chi connectivity index (χ0n) is 30.7. The molecule has 8 amide bonds. The third-order valence-corrected chi connectivity index (χ3v) is 8.64. The number of carbonyl (C=O) groups is 6. The fourth-order valence-corrected chi connectivity index (χ4v) is 5.90. The summed E-state index contributed by atoms with van der Waals surface area (Å²) >= 11 is 0. The van der Waals surface area contributed by atoms with Crippen LogP contribution in [0.25, 0.3) is 0 Å². The van der Waals surface area contributed by atoms with Gasteiger partial charge in [0, 0.05) is 51.0 Å². The van der Waals surface area contributed by atoms with Crippen LogP contribution >= 0.6 is 0 Å². The summed E-state index contributed by atoms with van der Waals surface area (Å²) in [6.45, 7) is 12.3. The lowest BCUT2D eigenvalue weighted by Gasteiger charge is -2.37. The Morgan fingerprint density at radius 3 is 1.53 bits per heavy atom. The predicted molar refractivity (Wildman–Crippen MR) is 191 cm³/mol. The largest absolute Gasteiger partial charge is 0.488 e. The Morgan fingerprint density at radius 2 is 1.15 bits per heavy atom. The van der Waals surface area contributed by atoms with Crippen LogP contribution in [0.2, 0.25) is 0 Å². The van der Waals surface area contributed by atoms with Crippen LogP contribution in [0.4, 0.5) is 24.9 Å². The van der Waals surface area contributed by atoms with E-state index in [1.54, 1.807) is 54.8 Å². The first-order valence-corrected chi connectivity index (χ1v) is 17.2. The number of ether oxygens (including phenoxy) is 2. The first-order chi connectivity index (χ1) is 24.7. The molecule has 0 atom stereocenters. The number of anilines is 1. The lowest BCUT2D eigenvalue weighted by molar-refractivity contribution is -0.125. The van der Waals surface area contributed by atoms with Gasteiger partial charge in [0.05, 0.1) is 5.69 Å². The Kier molecular flexibility index (Phi) is 12.3. The molecule has 0 saturated carbocycles. The van der Waals surface area contributed by atoms with Crippen LogP contribution in [0.15, 0.2) is 49.1 Å². The summed E-state index contributed by atoms with van der Waals surface area (Å²) in [6, 6.07) is 5.42. The van der Waals surface area contributed by atoms with E-state index in [-0.39, 0.29) is 17.9 Å². The van der Waals surface area contributed by atoms with E-state index < -0.39 is 47.6 Å². The van der Waals surface area contributed by atoms with Crippen molar-refractivity contribution in [2.24, 2.45) is 0 Å². The molecule has 6 rings (SSSR count). The van der Waals surface area contributed by atoms with Crippen molar-refractivity contribution < 1.29 is 48.3 Å². The fourth-order valence-electron chi connectivity index (χ4n) is 5.90. The van der Waals surface area contributed by atoms with Gasteiger partial charge in [0.1, 0.15) is 22.3 Å². The van der Waals surface area contributed by atoms with Gasteiger partial charge in [-0.1, -0.05) is 0 Å². The Bertz CT molecular complexity index is 1650. The van der Waals surface area contributed by atoms with Gasteiger partial charge in [-0.2, -0.15) is 0 Å². The zero-order chi connectivity index (χ0) is 39.2. The van der Waals surface area contributed by atoms with Gasteiger partial charge >= 0.3 is 31.4 Å². The van der Waals surface area contributed by atoms with Crippen molar-refractivity contribution in [1.29, 1.82) is 0 Å². The number of aromatic nitrogens is 2. The summed E-state index contributed by atoms with van der Waals surface area (Å²) in [4.78, 5) is 84.1. The van der Waals surface area contributed by atoms with E-state index in [4.69, 9.17) is 19.5 Å². The summed E-state index contributed by atoms with van der Waals surface area (Å²) in [7, 11) is -1.38. The molecule has 53 heavy (non-hydrogen) atoms. The number of hydrogen-bond acceptors (Lipinski definition) is 12. The molecule has 2 aromatic heterocycles. The van der Waals surface area contributed by atoms with E-state index in [0.717, 1.165) is 4.90 Å². The molecule has 6 heterocycles. The van der Waals surface area contributed by atoms with Gasteiger partial charge in [-0.25, -0.2) is 24.1 Å². The van der Waals surface area contributed by atoms with Crippen LogP contribution in [0.3, 0.4) is 0 Å². The maximum atomic E-state index is 12.9. The smallest absolute Gasteiger partial charge is 0.444 e. The molecular weight excluding hydrogens is 691 g/mol. The van der Waals surface area contributed by atoms with Gasteiger partial charge in [0.2, 0.25) is 0 Å². The molecule has 2 spiro atoms. The van der Waals surface area contributed by atoms with E-state index in [0.29, 0.717) is 63.0 Å². The average Bonchev–Trinajstić information content (AvgIpc) is 3.49. The van der Waals surface area contributed by atoms with Gasteiger partial charge in [0.25, 0.3) is 11.8 Å². The molecule has 0 bridgehead atoms.